The summed E-state index contributed by atoms with van der Waals surface area (Å²) in [6, 6.07) is 13.7. The van der Waals surface area contributed by atoms with Crippen LogP contribution in [0.25, 0.3) is 0 Å². The van der Waals surface area contributed by atoms with Gasteiger partial charge in [0.25, 0.3) is 0 Å². The van der Waals surface area contributed by atoms with E-state index in [1.54, 1.807) is 12.3 Å². The molecule has 0 aliphatic heterocycles. The first-order chi connectivity index (χ1) is 7.34. The van der Waals surface area contributed by atoms with Crippen molar-refractivity contribution in [2.45, 2.75) is 6.54 Å². The fourth-order valence-corrected chi connectivity index (χ4v) is 1.45. The summed E-state index contributed by atoms with van der Waals surface area (Å²) in [4.78, 5) is 4.16. The van der Waals surface area contributed by atoms with Gasteiger partial charge in [-0.05, 0) is 17.7 Å². The Kier molecular flexibility index (Phi) is 3.20. The number of halogens is 1. The number of aromatic nitrogens is 1. The number of nitrogens with one attached hydrogen (secondary N) is 1. The molecule has 0 fully saturated rings. The Bertz CT molecular complexity index is 429. The van der Waals surface area contributed by atoms with E-state index >= 15 is 0 Å². The average Bonchev–Trinajstić information content (AvgIpc) is 2.28. The summed E-state index contributed by atoms with van der Waals surface area (Å²) in [7, 11) is 0. The molecule has 15 heavy (non-hydrogen) atoms. The largest absolute Gasteiger partial charge is 0.366 e. The Morgan fingerprint density at radius 3 is 2.67 bits per heavy atom. The molecule has 0 saturated carbocycles. The minimum absolute atomic E-state index is 0.695. The lowest BCUT2D eigenvalue weighted by molar-refractivity contribution is 1.11. The molecular weight excluding hydrogens is 208 g/mol. The van der Waals surface area contributed by atoms with Gasteiger partial charge in [0, 0.05) is 17.8 Å². The van der Waals surface area contributed by atoms with E-state index in [1.165, 1.54) is 5.56 Å². The molecule has 2 nitrogen and oxygen atoms in total. The minimum Gasteiger partial charge on any atom is -0.366 e. The molecule has 0 aliphatic rings. The topological polar surface area (TPSA) is 24.9 Å². The fourth-order valence-electron chi connectivity index (χ4n) is 1.29. The predicted octanol–water partition coefficient (Wildman–Crippen LogP) is 3.35. The third-order valence-electron chi connectivity index (χ3n) is 2.04. The molecule has 0 radical (unpaired) electrons. The molecule has 3 heteroatoms. The SMILES string of the molecule is Clc1ccnc(NCc2ccccc2)c1. The molecule has 0 amide bonds. The molecule has 0 spiro atoms. The van der Waals surface area contributed by atoms with Gasteiger partial charge < -0.3 is 5.32 Å². The van der Waals surface area contributed by atoms with E-state index in [1.807, 2.05) is 24.3 Å². The third-order valence-corrected chi connectivity index (χ3v) is 2.27. The highest BCUT2D eigenvalue weighted by molar-refractivity contribution is 6.30. The number of hydrogen-bond donors (Lipinski definition) is 1. The van der Waals surface area contributed by atoms with Crippen molar-refractivity contribution in [2.24, 2.45) is 0 Å². The normalized spacial score (nSPS) is 9.93. The number of nitrogens with zero attached hydrogens (tertiary/aromatic N) is 1. The van der Waals surface area contributed by atoms with E-state index in [4.69, 9.17) is 11.6 Å². The van der Waals surface area contributed by atoms with Crippen LogP contribution in [-0.4, -0.2) is 4.98 Å². The second-order valence-corrected chi connectivity index (χ2v) is 3.63. The highest BCUT2D eigenvalue weighted by atomic mass is 35.5. The first-order valence-corrected chi connectivity index (χ1v) is 5.12. The monoisotopic (exact) mass is 218 g/mol. The third kappa shape index (κ3) is 2.96. The van der Waals surface area contributed by atoms with Crippen molar-refractivity contribution in [3.8, 4) is 0 Å². The van der Waals surface area contributed by atoms with E-state index in [0.717, 1.165) is 12.4 Å². The van der Waals surface area contributed by atoms with Crippen molar-refractivity contribution < 1.29 is 0 Å². The standard InChI is InChI=1S/C12H11ClN2/c13-11-6-7-14-12(8-11)15-9-10-4-2-1-3-5-10/h1-8H,9H2,(H,14,15). The first kappa shape index (κ1) is 9.99. The van der Waals surface area contributed by atoms with Gasteiger partial charge in [0.05, 0.1) is 0 Å². The van der Waals surface area contributed by atoms with Crippen LogP contribution in [0, 0.1) is 0 Å². The van der Waals surface area contributed by atoms with E-state index in [9.17, 15) is 0 Å². The van der Waals surface area contributed by atoms with Crippen molar-refractivity contribution in [3.63, 3.8) is 0 Å². The molecule has 1 aromatic heterocycles. The van der Waals surface area contributed by atoms with Crippen LogP contribution in [0.5, 0.6) is 0 Å². The highest BCUT2D eigenvalue weighted by Gasteiger charge is 1.95. The lowest BCUT2D eigenvalue weighted by Gasteiger charge is -2.05. The Balaban J connectivity index is 1.99. The maximum Gasteiger partial charge on any atom is 0.127 e. The zero-order chi connectivity index (χ0) is 10.5. The van der Waals surface area contributed by atoms with Gasteiger partial charge in [-0.15, -0.1) is 0 Å². The molecule has 0 saturated heterocycles. The lowest BCUT2D eigenvalue weighted by atomic mass is 10.2. The highest BCUT2D eigenvalue weighted by Crippen LogP contribution is 2.12. The molecule has 0 aliphatic carbocycles. The first-order valence-electron chi connectivity index (χ1n) is 4.74. The van der Waals surface area contributed by atoms with Crippen LogP contribution in [0.1, 0.15) is 5.56 Å². The van der Waals surface area contributed by atoms with Crippen molar-refractivity contribution in [3.05, 3.63) is 59.2 Å². The Hall–Kier alpha value is -1.54. The predicted molar refractivity (Wildman–Crippen MR) is 63.0 cm³/mol. The Labute approximate surface area is 93.9 Å². The lowest BCUT2D eigenvalue weighted by Crippen LogP contribution is -2.00. The summed E-state index contributed by atoms with van der Waals surface area (Å²) in [5.41, 5.74) is 1.22. The van der Waals surface area contributed by atoms with Gasteiger partial charge in [-0.3, -0.25) is 0 Å². The van der Waals surface area contributed by atoms with Crippen molar-refractivity contribution in [2.75, 3.05) is 5.32 Å². The summed E-state index contributed by atoms with van der Waals surface area (Å²) >= 11 is 5.85. The van der Waals surface area contributed by atoms with E-state index in [0.29, 0.717) is 5.02 Å². The van der Waals surface area contributed by atoms with Crippen LogP contribution < -0.4 is 5.32 Å². The van der Waals surface area contributed by atoms with E-state index in [-0.39, 0.29) is 0 Å². The van der Waals surface area contributed by atoms with Crippen LogP contribution in [0.4, 0.5) is 5.82 Å². The van der Waals surface area contributed by atoms with E-state index in [2.05, 4.69) is 22.4 Å². The number of benzene rings is 1. The second kappa shape index (κ2) is 4.80. The van der Waals surface area contributed by atoms with Crippen LogP contribution in [0.3, 0.4) is 0 Å². The summed E-state index contributed by atoms with van der Waals surface area (Å²) in [5, 5.41) is 3.90. The summed E-state index contributed by atoms with van der Waals surface area (Å²) < 4.78 is 0. The fraction of sp³-hybridized carbons (Fsp3) is 0.0833. The molecule has 0 unspecified atom stereocenters. The van der Waals surface area contributed by atoms with Crippen LogP contribution in [-0.2, 0) is 6.54 Å². The van der Waals surface area contributed by atoms with Gasteiger partial charge in [0.1, 0.15) is 5.82 Å². The summed E-state index contributed by atoms with van der Waals surface area (Å²) in [6.45, 7) is 0.758. The average molecular weight is 219 g/mol. The Morgan fingerprint density at radius 1 is 1.13 bits per heavy atom. The van der Waals surface area contributed by atoms with Gasteiger partial charge in [-0.25, -0.2) is 4.98 Å². The molecule has 2 rings (SSSR count). The van der Waals surface area contributed by atoms with Gasteiger partial charge in [-0.2, -0.15) is 0 Å². The molecule has 0 atom stereocenters. The van der Waals surface area contributed by atoms with Gasteiger partial charge in [-0.1, -0.05) is 41.9 Å². The molecule has 1 heterocycles. The van der Waals surface area contributed by atoms with Crippen molar-refractivity contribution in [1.29, 1.82) is 0 Å². The minimum atomic E-state index is 0.695. The molecule has 1 N–H and O–H groups in total. The van der Waals surface area contributed by atoms with Crippen molar-refractivity contribution in [1.82, 2.24) is 4.98 Å². The van der Waals surface area contributed by atoms with Crippen LogP contribution in [0.2, 0.25) is 5.02 Å². The number of rotatable bonds is 3. The molecule has 2 aromatic rings. The van der Waals surface area contributed by atoms with Gasteiger partial charge >= 0.3 is 0 Å². The summed E-state index contributed by atoms with van der Waals surface area (Å²) in [5.74, 6) is 0.798. The number of anilines is 1. The van der Waals surface area contributed by atoms with Crippen LogP contribution in [0.15, 0.2) is 48.7 Å². The second-order valence-electron chi connectivity index (χ2n) is 3.20. The maximum absolute atomic E-state index is 5.85. The van der Waals surface area contributed by atoms with Crippen molar-refractivity contribution >= 4 is 17.4 Å². The zero-order valence-corrected chi connectivity index (χ0v) is 8.91. The van der Waals surface area contributed by atoms with Gasteiger partial charge in [0.15, 0.2) is 0 Å². The van der Waals surface area contributed by atoms with E-state index < -0.39 is 0 Å². The summed E-state index contributed by atoms with van der Waals surface area (Å²) in [6.07, 6.45) is 1.69. The molecule has 1 aromatic carbocycles. The van der Waals surface area contributed by atoms with Gasteiger partial charge in [0.2, 0.25) is 0 Å². The number of pyridine rings is 1. The number of hydrogen-bond acceptors (Lipinski definition) is 2. The maximum atomic E-state index is 5.85. The van der Waals surface area contributed by atoms with Crippen LogP contribution >= 0.6 is 11.6 Å². The zero-order valence-electron chi connectivity index (χ0n) is 8.15. The molecule has 76 valence electrons. The molecular formula is C12H11ClN2. The Morgan fingerprint density at radius 2 is 1.93 bits per heavy atom. The molecule has 0 bridgehead atoms. The quantitative estimate of drug-likeness (QED) is 0.855. The smallest absolute Gasteiger partial charge is 0.127 e.